The smallest absolute Gasteiger partial charge is 0.261 e. The van der Waals surface area contributed by atoms with E-state index in [-0.39, 0.29) is 5.91 Å². The van der Waals surface area contributed by atoms with Gasteiger partial charge in [0.2, 0.25) is 0 Å². The van der Waals surface area contributed by atoms with Crippen molar-refractivity contribution >= 4 is 11.6 Å². The number of rotatable bonds is 6. The summed E-state index contributed by atoms with van der Waals surface area (Å²) in [5.41, 5.74) is 2.92. The maximum Gasteiger partial charge on any atom is 0.261 e. The van der Waals surface area contributed by atoms with Gasteiger partial charge in [0, 0.05) is 18.5 Å². The van der Waals surface area contributed by atoms with Gasteiger partial charge in [-0.2, -0.15) is 5.10 Å². The number of ether oxygens (including phenoxy) is 2. The van der Waals surface area contributed by atoms with Crippen molar-refractivity contribution in [2.75, 3.05) is 19.5 Å². The van der Waals surface area contributed by atoms with Crippen molar-refractivity contribution in [2.24, 2.45) is 0 Å². The van der Waals surface area contributed by atoms with Gasteiger partial charge in [-0.25, -0.2) is 4.68 Å². The summed E-state index contributed by atoms with van der Waals surface area (Å²) in [6, 6.07) is 17.0. The summed E-state index contributed by atoms with van der Waals surface area (Å²) in [5.74, 6) is 1.50. The number of nitrogens with zero attached hydrogens (tertiary/aromatic N) is 3. The van der Waals surface area contributed by atoms with Gasteiger partial charge in [0.25, 0.3) is 5.91 Å². The monoisotopic (exact) mass is 402 g/mol. The van der Waals surface area contributed by atoms with E-state index < -0.39 is 0 Å². The van der Waals surface area contributed by atoms with Gasteiger partial charge in [0.1, 0.15) is 17.1 Å². The van der Waals surface area contributed by atoms with Crippen LogP contribution in [0.2, 0.25) is 0 Å². The molecule has 0 radical (unpaired) electrons. The second-order valence-electron chi connectivity index (χ2n) is 6.74. The first-order valence-electron chi connectivity index (χ1n) is 9.42. The third-order valence-corrected chi connectivity index (χ3v) is 4.74. The number of hydrogen-bond acceptors (Lipinski definition) is 4. The van der Waals surface area contributed by atoms with E-state index >= 15 is 0 Å². The number of nitrogens with one attached hydrogen (secondary N) is 1. The predicted molar refractivity (Wildman–Crippen MR) is 115 cm³/mol. The number of hydrogen-bond donors (Lipinski definition) is 1. The number of benzene rings is 2. The Morgan fingerprint density at radius 3 is 2.50 bits per heavy atom. The van der Waals surface area contributed by atoms with Gasteiger partial charge in [-0.05, 0) is 48.9 Å². The Morgan fingerprint density at radius 1 is 1.00 bits per heavy atom. The normalized spacial score (nSPS) is 10.6. The molecule has 2 aromatic heterocycles. The highest BCUT2D eigenvalue weighted by Gasteiger charge is 2.21. The van der Waals surface area contributed by atoms with E-state index in [2.05, 4.69) is 10.4 Å². The maximum absolute atomic E-state index is 13.2. The molecule has 30 heavy (non-hydrogen) atoms. The summed E-state index contributed by atoms with van der Waals surface area (Å²) in [6.45, 7) is 2.02. The van der Waals surface area contributed by atoms with Crippen molar-refractivity contribution in [1.29, 1.82) is 0 Å². The van der Waals surface area contributed by atoms with E-state index in [1.807, 2.05) is 60.3 Å². The number of carbonyl (C=O) groups excluding carboxylic acids is 1. The summed E-state index contributed by atoms with van der Waals surface area (Å²) in [5, 5.41) is 7.42. The molecular formula is C23H22N4O3. The van der Waals surface area contributed by atoms with Crippen LogP contribution in [-0.4, -0.2) is 34.5 Å². The largest absolute Gasteiger partial charge is 0.497 e. The minimum absolute atomic E-state index is 0.302. The fraction of sp³-hybridized carbons (Fsp3) is 0.130. The zero-order valence-electron chi connectivity index (χ0n) is 17.0. The first kappa shape index (κ1) is 19.3. The number of aryl methyl sites for hydroxylation is 1. The third kappa shape index (κ3) is 3.65. The van der Waals surface area contributed by atoms with E-state index in [1.54, 1.807) is 43.3 Å². The molecule has 2 heterocycles. The van der Waals surface area contributed by atoms with Gasteiger partial charge in [0.05, 0.1) is 31.8 Å². The number of amides is 1. The molecule has 7 nitrogen and oxygen atoms in total. The zero-order chi connectivity index (χ0) is 21.1. The van der Waals surface area contributed by atoms with E-state index in [9.17, 15) is 4.79 Å². The Labute approximate surface area is 174 Å². The lowest BCUT2D eigenvalue weighted by Crippen LogP contribution is -2.16. The van der Waals surface area contributed by atoms with E-state index in [0.29, 0.717) is 28.6 Å². The maximum atomic E-state index is 13.2. The number of carbonyl (C=O) groups is 1. The SMILES string of the molecule is COc1ccc(OC)c(NC(=O)c2cnn(-c3cccc(C)c3)c2-n2cccc2)c1. The molecule has 1 amide bonds. The molecule has 0 bridgehead atoms. The molecule has 0 saturated heterocycles. The van der Waals surface area contributed by atoms with Gasteiger partial charge >= 0.3 is 0 Å². The molecule has 2 aromatic carbocycles. The molecule has 0 spiro atoms. The lowest BCUT2D eigenvalue weighted by Gasteiger charge is -2.13. The minimum Gasteiger partial charge on any atom is -0.497 e. The highest BCUT2D eigenvalue weighted by Crippen LogP contribution is 2.30. The second-order valence-corrected chi connectivity index (χ2v) is 6.74. The predicted octanol–water partition coefficient (Wildman–Crippen LogP) is 4.24. The van der Waals surface area contributed by atoms with E-state index in [4.69, 9.17) is 9.47 Å². The van der Waals surface area contributed by atoms with Crippen molar-refractivity contribution in [3.05, 3.63) is 84.3 Å². The molecule has 0 aliphatic heterocycles. The van der Waals surface area contributed by atoms with Crippen LogP contribution in [0.4, 0.5) is 5.69 Å². The molecular weight excluding hydrogens is 380 g/mol. The minimum atomic E-state index is -0.302. The summed E-state index contributed by atoms with van der Waals surface area (Å²) < 4.78 is 14.3. The highest BCUT2D eigenvalue weighted by molar-refractivity contribution is 6.07. The summed E-state index contributed by atoms with van der Waals surface area (Å²) in [6.07, 6.45) is 5.33. The van der Waals surface area contributed by atoms with Crippen molar-refractivity contribution in [3.8, 4) is 23.0 Å². The summed E-state index contributed by atoms with van der Waals surface area (Å²) >= 11 is 0. The van der Waals surface area contributed by atoms with E-state index in [0.717, 1.165) is 11.3 Å². The average Bonchev–Trinajstić information content (AvgIpc) is 3.43. The molecule has 1 N–H and O–H groups in total. The van der Waals surface area contributed by atoms with Crippen LogP contribution in [0.5, 0.6) is 11.5 Å². The fourth-order valence-corrected chi connectivity index (χ4v) is 3.28. The fourth-order valence-electron chi connectivity index (χ4n) is 3.28. The lowest BCUT2D eigenvalue weighted by atomic mass is 10.2. The van der Waals surface area contributed by atoms with Crippen LogP contribution in [0.3, 0.4) is 0 Å². The first-order valence-corrected chi connectivity index (χ1v) is 9.42. The Balaban J connectivity index is 1.77. The standard InChI is InChI=1S/C23H22N4O3/c1-16-7-6-8-17(13-16)27-23(26-11-4-5-12-26)19(15-24-27)22(28)25-20-14-18(29-2)9-10-21(20)30-3/h4-15H,1-3H3,(H,25,28). The van der Waals surface area contributed by atoms with Crippen molar-refractivity contribution in [3.63, 3.8) is 0 Å². The topological polar surface area (TPSA) is 70.3 Å². The van der Waals surface area contributed by atoms with Crippen LogP contribution >= 0.6 is 0 Å². The quantitative estimate of drug-likeness (QED) is 0.524. The van der Waals surface area contributed by atoms with Crippen molar-refractivity contribution in [2.45, 2.75) is 6.92 Å². The van der Waals surface area contributed by atoms with Crippen LogP contribution in [0, 0.1) is 6.92 Å². The summed E-state index contributed by atoms with van der Waals surface area (Å²) in [4.78, 5) is 13.2. The second kappa shape index (κ2) is 8.16. The first-order chi connectivity index (χ1) is 14.6. The van der Waals surface area contributed by atoms with Crippen LogP contribution < -0.4 is 14.8 Å². The van der Waals surface area contributed by atoms with Gasteiger partial charge in [-0.3, -0.25) is 4.79 Å². The van der Waals surface area contributed by atoms with Crippen molar-refractivity contribution < 1.29 is 14.3 Å². The Morgan fingerprint density at radius 2 is 1.80 bits per heavy atom. The van der Waals surface area contributed by atoms with Gasteiger partial charge < -0.3 is 19.4 Å². The average molecular weight is 402 g/mol. The van der Waals surface area contributed by atoms with Crippen LogP contribution in [-0.2, 0) is 0 Å². The Hall–Kier alpha value is -4.00. The molecule has 0 aliphatic carbocycles. The highest BCUT2D eigenvalue weighted by atomic mass is 16.5. The van der Waals surface area contributed by atoms with Crippen LogP contribution in [0.15, 0.2) is 73.2 Å². The van der Waals surface area contributed by atoms with Gasteiger partial charge in [-0.1, -0.05) is 12.1 Å². The number of aromatic nitrogens is 3. The van der Waals surface area contributed by atoms with Gasteiger partial charge in [-0.15, -0.1) is 0 Å². The molecule has 0 fully saturated rings. The molecule has 0 saturated carbocycles. The lowest BCUT2D eigenvalue weighted by molar-refractivity contribution is 0.102. The van der Waals surface area contributed by atoms with Crippen LogP contribution in [0.1, 0.15) is 15.9 Å². The van der Waals surface area contributed by atoms with Gasteiger partial charge in [0.15, 0.2) is 5.82 Å². The molecule has 7 heteroatoms. The molecule has 0 unspecified atom stereocenters. The number of anilines is 1. The van der Waals surface area contributed by atoms with E-state index in [1.165, 1.54) is 0 Å². The molecule has 152 valence electrons. The van der Waals surface area contributed by atoms with Crippen molar-refractivity contribution in [1.82, 2.24) is 14.3 Å². The molecule has 0 aliphatic rings. The Kier molecular flexibility index (Phi) is 5.26. The zero-order valence-corrected chi connectivity index (χ0v) is 17.0. The Bertz CT molecular complexity index is 1180. The molecule has 4 aromatic rings. The molecule has 4 rings (SSSR count). The third-order valence-electron chi connectivity index (χ3n) is 4.74. The van der Waals surface area contributed by atoms with Crippen LogP contribution in [0.25, 0.3) is 11.5 Å². The molecule has 0 atom stereocenters. The number of methoxy groups -OCH3 is 2. The summed E-state index contributed by atoms with van der Waals surface area (Å²) in [7, 11) is 3.13.